The van der Waals surface area contributed by atoms with Crippen LogP contribution in [-0.4, -0.2) is 44.0 Å². The SMILES string of the molecule is Cc1c(OCc2ccccc2)c(=O)ccn1CCN(CCn1ccc(=O)c(OCc2ccccc2)c1C)C(=O)C(Cc1cc(C(C)(C)C)c(O)c(C(C)(C)C)c1)C(N)=O. The van der Waals surface area contributed by atoms with Gasteiger partial charge in [0.2, 0.25) is 22.7 Å². The number of aromatic nitrogens is 2. The maximum Gasteiger partial charge on any atom is 0.235 e. The number of hydrogen-bond acceptors (Lipinski definition) is 7. The molecule has 0 aliphatic heterocycles. The molecule has 11 nitrogen and oxygen atoms in total. The van der Waals surface area contributed by atoms with E-state index in [0.717, 1.165) is 11.1 Å². The van der Waals surface area contributed by atoms with Gasteiger partial charge in [-0.25, -0.2) is 0 Å². The van der Waals surface area contributed by atoms with Crippen molar-refractivity contribution in [1.82, 2.24) is 14.0 Å². The topological polar surface area (TPSA) is 146 Å². The zero-order valence-electron chi connectivity index (χ0n) is 35.6. The van der Waals surface area contributed by atoms with E-state index in [2.05, 4.69) is 0 Å². The van der Waals surface area contributed by atoms with Gasteiger partial charge in [-0.3, -0.25) is 19.2 Å². The molecule has 3 N–H and O–H groups in total. The first kappa shape index (κ1) is 44.0. The molecule has 1 unspecified atom stereocenters. The van der Waals surface area contributed by atoms with E-state index in [1.165, 1.54) is 12.1 Å². The molecule has 11 heteroatoms. The van der Waals surface area contributed by atoms with Gasteiger partial charge < -0.3 is 34.3 Å². The maximum absolute atomic E-state index is 14.7. The van der Waals surface area contributed by atoms with Crippen molar-refractivity contribution in [2.24, 2.45) is 11.7 Å². The third kappa shape index (κ3) is 11.1. The molecular formula is C48H58N4O7. The van der Waals surface area contributed by atoms with Crippen LogP contribution in [0, 0.1) is 19.8 Å². The molecular weight excluding hydrogens is 745 g/mol. The lowest BCUT2D eigenvalue weighted by Crippen LogP contribution is -2.45. The van der Waals surface area contributed by atoms with Gasteiger partial charge in [0.15, 0.2) is 11.5 Å². The summed E-state index contributed by atoms with van der Waals surface area (Å²) < 4.78 is 15.7. The van der Waals surface area contributed by atoms with Crippen LogP contribution in [0.25, 0.3) is 0 Å². The Labute approximate surface area is 347 Å². The number of primary amides is 1. The van der Waals surface area contributed by atoms with Gasteiger partial charge in [0.05, 0.1) is 11.4 Å². The number of nitrogens with zero attached hydrogens (tertiary/aromatic N) is 3. The molecule has 0 fully saturated rings. The Hall–Kier alpha value is -6.10. The van der Waals surface area contributed by atoms with Gasteiger partial charge >= 0.3 is 0 Å². The highest BCUT2D eigenvalue weighted by molar-refractivity contribution is 5.99. The number of carbonyl (C=O) groups excluding carboxylic acids is 2. The van der Waals surface area contributed by atoms with Crippen molar-refractivity contribution in [3.05, 3.63) is 157 Å². The number of amides is 2. The van der Waals surface area contributed by atoms with Crippen molar-refractivity contribution in [3.63, 3.8) is 0 Å². The van der Waals surface area contributed by atoms with Crippen molar-refractivity contribution in [1.29, 1.82) is 0 Å². The van der Waals surface area contributed by atoms with Gasteiger partial charge in [-0.15, -0.1) is 0 Å². The molecule has 312 valence electrons. The van der Waals surface area contributed by atoms with E-state index in [0.29, 0.717) is 28.1 Å². The lowest BCUT2D eigenvalue weighted by Gasteiger charge is -2.30. The number of rotatable bonds is 16. The molecule has 0 aliphatic carbocycles. The quantitative estimate of drug-likeness (QED) is 0.103. The smallest absolute Gasteiger partial charge is 0.235 e. The second-order valence-corrected chi connectivity index (χ2v) is 17.1. The number of benzene rings is 3. The number of pyridine rings is 2. The van der Waals surface area contributed by atoms with Gasteiger partial charge in [-0.2, -0.15) is 0 Å². The van der Waals surface area contributed by atoms with Gasteiger partial charge in [0.1, 0.15) is 24.9 Å². The molecule has 0 saturated heterocycles. The number of hydrogen-bond donors (Lipinski definition) is 2. The van der Waals surface area contributed by atoms with Gasteiger partial charge in [0, 0.05) is 50.7 Å². The van der Waals surface area contributed by atoms with Gasteiger partial charge in [-0.05, 0) is 58.9 Å². The fourth-order valence-electron chi connectivity index (χ4n) is 7.11. The van der Waals surface area contributed by atoms with E-state index in [4.69, 9.17) is 15.2 Å². The van der Waals surface area contributed by atoms with Crippen LogP contribution >= 0.6 is 0 Å². The van der Waals surface area contributed by atoms with Crippen molar-refractivity contribution in [2.45, 2.75) is 98.9 Å². The average molecular weight is 803 g/mol. The number of aromatic hydroxyl groups is 1. The first-order valence-corrected chi connectivity index (χ1v) is 20.0. The van der Waals surface area contributed by atoms with E-state index in [1.54, 1.807) is 31.1 Å². The van der Waals surface area contributed by atoms with Crippen LogP contribution in [0.1, 0.15) is 80.7 Å². The third-order valence-electron chi connectivity index (χ3n) is 10.6. The molecule has 0 saturated carbocycles. The molecule has 59 heavy (non-hydrogen) atoms. The van der Waals surface area contributed by atoms with Crippen LogP contribution in [-0.2, 0) is 53.1 Å². The molecule has 2 aromatic heterocycles. The normalized spacial score (nSPS) is 12.2. The third-order valence-corrected chi connectivity index (χ3v) is 10.6. The molecule has 0 radical (unpaired) electrons. The summed E-state index contributed by atoms with van der Waals surface area (Å²) in [6.07, 6.45) is 3.37. The number of phenolic OH excluding ortho intramolecular Hbond substituents is 1. The summed E-state index contributed by atoms with van der Waals surface area (Å²) in [5.41, 5.74) is 9.86. The second kappa shape index (κ2) is 18.7. The van der Waals surface area contributed by atoms with Gasteiger partial charge in [-0.1, -0.05) is 114 Å². The Balaban J connectivity index is 1.46. The molecule has 1 atom stereocenters. The van der Waals surface area contributed by atoms with E-state index in [-0.39, 0.29) is 73.9 Å². The lowest BCUT2D eigenvalue weighted by atomic mass is 9.77. The fraction of sp³-hybridized carbons (Fsp3) is 0.375. The van der Waals surface area contributed by atoms with Crippen molar-refractivity contribution < 1.29 is 24.2 Å². The zero-order valence-corrected chi connectivity index (χ0v) is 35.6. The molecule has 3 aromatic carbocycles. The Morgan fingerprint density at radius 2 is 1.08 bits per heavy atom. The van der Waals surface area contributed by atoms with E-state index in [9.17, 15) is 24.3 Å². The van der Waals surface area contributed by atoms with Crippen molar-refractivity contribution in [3.8, 4) is 17.2 Å². The van der Waals surface area contributed by atoms with E-state index in [1.807, 2.05) is 123 Å². The summed E-state index contributed by atoms with van der Waals surface area (Å²) in [6, 6.07) is 25.7. The molecule has 2 amide bonds. The highest BCUT2D eigenvalue weighted by Crippen LogP contribution is 2.40. The van der Waals surface area contributed by atoms with E-state index >= 15 is 0 Å². The average Bonchev–Trinajstić information content (AvgIpc) is 3.18. The Morgan fingerprint density at radius 3 is 1.46 bits per heavy atom. The summed E-state index contributed by atoms with van der Waals surface area (Å²) in [4.78, 5) is 55.5. The number of nitrogens with two attached hydrogens (primary N) is 1. The minimum absolute atomic E-state index is 0.0279. The minimum Gasteiger partial charge on any atom is -0.507 e. The number of carbonyl (C=O) groups is 2. The minimum atomic E-state index is -1.22. The zero-order chi connectivity index (χ0) is 43.1. The number of ether oxygens (including phenoxy) is 2. The summed E-state index contributed by atoms with van der Waals surface area (Å²) >= 11 is 0. The van der Waals surface area contributed by atoms with Crippen molar-refractivity contribution >= 4 is 11.8 Å². The summed E-state index contributed by atoms with van der Waals surface area (Å²) in [7, 11) is 0. The molecule has 0 spiro atoms. The first-order valence-electron chi connectivity index (χ1n) is 20.0. The fourth-order valence-corrected chi connectivity index (χ4v) is 7.11. The summed E-state index contributed by atoms with van der Waals surface area (Å²) in [6.45, 7) is 16.9. The second-order valence-electron chi connectivity index (χ2n) is 17.1. The maximum atomic E-state index is 14.7. The van der Waals surface area contributed by atoms with Crippen LogP contribution in [0.4, 0.5) is 0 Å². The lowest BCUT2D eigenvalue weighted by molar-refractivity contribution is -0.141. The Morgan fingerprint density at radius 1 is 0.678 bits per heavy atom. The monoisotopic (exact) mass is 802 g/mol. The Bertz CT molecular complexity index is 2230. The first-order chi connectivity index (χ1) is 27.8. The Kier molecular flexibility index (Phi) is 13.9. The van der Waals surface area contributed by atoms with Crippen LogP contribution in [0.5, 0.6) is 17.2 Å². The predicted octanol–water partition coefficient (Wildman–Crippen LogP) is 6.96. The van der Waals surface area contributed by atoms with E-state index < -0.39 is 28.6 Å². The van der Waals surface area contributed by atoms with Crippen LogP contribution < -0.4 is 26.1 Å². The summed E-state index contributed by atoms with van der Waals surface area (Å²) in [5, 5.41) is 11.4. The standard InChI is InChI=1S/C48H58N4O7/c1-32-43(58-30-34-15-11-9-12-16-34)40(53)19-21-50(32)23-25-52(26-24-51-22-20-41(54)44(33(51)2)59-31-35-17-13-10-14-18-35)46(57)37(45(49)56)27-36-28-38(47(3,4)5)42(55)39(29-36)48(6,7)8/h9-22,28-29,37,55H,23-27,30-31H2,1-8H3,(H2,49,56). The highest BCUT2D eigenvalue weighted by atomic mass is 16.5. The van der Waals surface area contributed by atoms with Crippen LogP contribution in [0.2, 0.25) is 0 Å². The highest BCUT2D eigenvalue weighted by Gasteiger charge is 2.32. The predicted molar refractivity (Wildman–Crippen MR) is 231 cm³/mol. The van der Waals surface area contributed by atoms with Crippen LogP contribution in [0.15, 0.2) is 107 Å². The number of phenols is 1. The molecule has 2 heterocycles. The largest absolute Gasteiger partial charge is 0.507 e. The van der Waals surface area contributed by atoms with Crippen molar-refractivity contribution in [2.75, 3.05) is 13.1 Å². The molecule has 0 bridgehead atoms. The summed E-state index contributed by atoms with van der Waals surface area (Å²) in [5.74, 6) is -1.82. The van der Waals surface area contributed by atoms with Gasteiger partial charge in [0.25, 0.3) is 0 Å². The van der Waals surface area contributed by atoms with Crippen LogP contribution in [0.3, 0.4) is 0 Å². The molecule has 5 aromatic rings. The molecule has 0 aliphatic rings. The molecule has 5 rings (SSSR count).